The van der Waals surface area contributed by atoms with Crippen LogP contribution in [0.3, 0.4) is 0 Å². The van der Waals surface area contributed by atoms with Crippen molar-refractivity contribution < 1.29 is 57.0 Å². The minimum Gasteiger partial charge on any atom is -0.394 e. The maximum atomic E-state index is 13.0. The number of nitrogens with one attached hydrogen (secondary N) is 1. The molecule has 1 saturated heterocycles. The second-order valence-corrected chi connectivity index (χ2v) is 15.8. The van der Waals surface area contributed by atoms with E-state index in [0.29, 0.717) is 12.8 Å². The van der Waals surface area contributed by atoms with Crippen molar-refractivity contribution in [1.82, 2.24) is 5.32 Å². The molecule has 0 aliphatic carbocycles. The fourth-order valence-electron chi connectivity index (χ4n) is 6.58. The smallest absolute Gasteiger partial charge is 0.394 e. The molecule has 0 bridgehead atoms. The highest BCUT2D eigenvalue weighted by molar-refractivity contribution is 7.80. The van der Waals surface area contributed by atoms with Crippen LogP contribution in [0.4, 0.5) is 0 Å². The van der Waals surface area contributed by atoms with Gasteiger partial charge in [0.15, 0.2) is 6.29 Å². The van der Waals surface area contributed by atoms with Crippen molar-refractivity contribution >= 4 is 16.3 Å². The van der Waals surface area contributed by atoms with Gasteiger partial charge in [-0.3, -0.25) is 9.35 Å². The number of ether oxygens (including phenoxy) is 2. The monoisotopic (exact) mass is 782 g/mol. The van der Waals surface area contributed by atoms with Crippen molar-refractivity contribution in [2.75, 3.05) is 13.2 Å². The van der Waals surface area contributed by atoms with Gasteiger partial charge in [-0.2, -0.15) is 8.42 Å². The zero-order valence-electron chi connectivity index (χ0n) is 32.7. The van der Waals surface area contributed by atoms with E-state index in [-0.39, 0.29) is 6.42 Å². The van der Waals surface area contributed by atoms with Crippen molar-refractivity contribution in [1.29, 1.82) is 0 Å². The highest BCUT2D eigenvalue weighted by atomic mass is 32.3. The van der Waals surface area contributed by atoms with Crippen LogP contribution in [0.2, 0.25) is 0 Å². The number of hydrogen-bond acceptors (Lipinski definition) is 11. The molecule has 0 aromatic carbocycles. The maximum absolute atomic E-state index is 13.0. The van der Waals surface area contributed by atoms with Crippen LogP contribution in [-0.4, -0.2) is 107 Å². The Hall–Kier alpha value is -1.20. The molecule has 53 heavy (non-hydrogen) atoms. The molecule has 0 aromatic heterocycles. The Morgan fingerprint density at radius 2 is 1.23 bits per heavy atom. The van der Waals surface area contributed by atoms with Gasteiger partial charge in [0.25, 0.3) is 0 Å². The van der Waals surface area contributed by atoms with Gasteiger partial charge >= 0.3 is 10.4 Å². The summed E-state index contributed by atoms with van der Waals surface area (Å²) < 4.78 is 47.3. The maximum Gasteiger partial charge on any atom is 0.397 e. The van der Waals surface area contributed by atoms with Crippen molar-refractivity contribution in [2.24, 2.45) is 0 Å². The lowest BCUT2D eigenvalue weighted by Crippen LogP contribution is -2.61. The third kappa shape index (κ3) is 24.1. The molecule has 8 unspecified atom stereocenters. The predicted octanol–water partition coefficient (Wildman–Crippen LogP) is 5.80. The van der Waals surface area contributed by atoms with Gasteiger partial charge in [0, 0.05) is 0 Å². The number of carbonyl (C=O) groups excluding carboxylic acids is 1. The molecular formula is C39H75NO12S. The summed E-state index contributed by atoms with van der Waals surface area (Å²) in [4.78, 5) is 13.0. The van der Waals surface area contributed by atoms with E-state index in [1.54, 1.807) is 0 Å². The fraction of sp³-hybridized carbons (Fsp3) is 0.923. The molecule has 0 aromatic rings. The molecule has 13 nitrogen and oxygen atoms in total. The SMILES string of the molecule is CCCCCCCCCCCCC/C=C/C(O)C(COC1OC(CO)C(O)C(OS(=O)(=O)O)C1O)NC(=O)C(O)CCCCCCCCCCCCC. The lowest BCUT2D eigenvalue weighted by atomic mass is 9.99. The number of hydrogen-bond donors (Lipinski definition) is 7. The van der Waals surface area contributed by atoms with Gasteiger partial charge in [-0.15, -0.1) is 0 Å². The molecule has 1 fully saturated rings. The first-order valence-electron chi connectivity index (χ1n) is 20.7. The van der Waals surface area contributed by atoms with Crippen molar-refractivity contribution in [3.8, 4) is 0 Å². The van der Waals surface area contributed by atoms with E-state index >= 15 is 0 Å². The van der Waals surface area contributed by atoms with Gasteiger partial charge in [-0.05, 0) is 19.3 Å². The average Bonchev–Trinajstić information content (AvgIpc) is 3.12. The van der Waals surface area contributed by atoms with E-state index in [1.807, 2.05) is 6.08 Å². The lowest BCUT2D eigenvalue weighted by Gasteiger charge is -2.41. The number of carbonyl (C=O) groups is 1. The third-order valence-electron chi connectivity index (χ3n) is 9.93. The summed E-state index contributed by atoms with van der Waals surface area (Å²) >= 11 is 0. The van der Waals surface area contributed by atoms with Gasteiger partial charge in [0.2, 0.25) is 5.91 Å². The zero-order valence-corrected chi connectivity index (χ0v) is 33.5. The number of aliphatic hydroxyl groups is 5. The van der Waals surface area contributed by atoms with Crippen molar-refractivity contribution in [3.63, 3.8) is 0 Å². The third-order valence-corrected chi connectivity index (χ3v) is 10.4. The van der Waals surface area contributed by atoms with Crippen LogP contribution in [0.25, 0.3) is 0 Å². The number of unbranched alkanes of at least 4 members (excludes halogenated alkanes) is 21. The molecular weight excluding hydrogens is 706 g/mol. The Morgan fingerprint density at radius 1 is 0.755 bits per heavy atom. The van der Waals surface area contributed by atoms with Gasteiger partial charge < -0.3 is 40.3 Å². The number of amides is 1. The van der Waals surface area contributed by atoms with Crippen LogP contribution >= 0.6 is 0 Å². The van der Waals surface area contributed by atoms with Crippen LogP contribution < -0.4 is 5.32 Å². The molecule has 14 heteroatoms. The van der Waals surface area contributed by atoms with Crippen LogP contribution in [0.15, 0.2) is 12.2 Å². The second-order valence-electron chi connectivity index (χ2n) is 14.7. The normalized spacial score (nSPS) is 22.6. The van der Waals surface area contributed by atoms with Crippen molar-refractivity contribution in [3.05, 3.63) is 12.2 Å². The zero-order chi connectivity index (χ0) is 39.3. The Balaban J connectivity index is 2.68. The Labute approximate surface area is 320 Å². The summed E-state index contributed by atoms with van der Waals surface area (Å²) in [6.07, 6.45) is 18.8. The predicted molar refractivity (Wildman–Crippen MR) is 205 cm³/mol. The number of aliphatic hydroxyl groups excluding tert-OH is 5. The molecule has 0 saturated carbocycles. The number of rotatable bonds is 34. The second kappa shape index (κ2) is 31.0. The molecule has 7 N–H and O–H groups in total. The van der Waals surface area contributed by atoms with Gasteiger partial charge in [-0.25, -0.2) is 4.18 Å². The van der Waals surface area contributed by atoms with E-state index < -0.39 is 78.5 Å². The first-order chi connectivity index (χ1) is 25.4. The molecule has 1 amide bonds. The first kappa shape index (κ1) is 49.8. The van der Waals surface area contributed by atoms with Crippen LogP contribution in [-0.2, 0) is 28.9 Å². The summed E-state index contributed by atoms with van der Waals surface area (Å²) in [6.45, 7) is 3.17. The Bertz CT molecular complexity index is 1030. The van der Waals surface area contributed by atoms with Crippen molar-refractivity contribution in [2.45, 2.75) is 217 Å². The molecule has 1 heterocycles. The molecule has 1 aliphatic rings. The van der Waals surface area contributed by atoms with E-state index in [2.05, 4.69) is 23.3 Å². The quantitative estimate of drug-likeness (QED) is 0.0235. The lowest BCUT2D eigenvalue weighted by molar-refractivity contribution is -0.298. The van der Waals surface area contributed by atoms with Gasteiger partial charge in [-0.1, -0.05) is 161 Å². The number of allylic oxidation sites excluding steroid dienone is 1. The minimum absolute atomic E-state index is 0.246. The summed E-state index contributed by atoms with van der Waals surface area (Å²) in [6, 6.07) is -1.11. The Morgan fingerprint density at radius 3 is 1.70 bits per heavy atom. The van der Waals surface area contributed by atoms with Gasteiger partial charge in [0.1, 0.15) is 30.5 Å². The molecule has 314 valence electrons. The first-order valence-corrected chi connectivity index (χ1v) is 22.0. The molecule has 8 atom stereocenters. The topological polar surface area (TPSA) is 212 Å². The van der Waals surface area contributed by atoms with Gasteiger partial charge in [0.05, 0.1) is 25.4 Å². The highest BCUT2D eigenvalue weighted by Gasteiger charge is 2.48. The van der Waals surface area contributed by atoms with E-state index in [1.165, 1.54) is 102 Å². The van der Waals surface area contributed by atoms with E-state index in [0.717, 1.165) is 38.5 Å². The summed E-state index contributed by atoms with van der Waals surface area (Å²) in [5, 5.41) is 54.9. The highest BCUT2D eigenvalue weighted by Crippen LogP contribution is 2.26. The molecule has 1 aliphatic heterocycles. The summed E-state index contributed by atoms with van der Waals surface area (Å²) in [7, 11) is -5.11. The van der Waals surface area contributed by atoms with Crippen LogP contribution in [0.1, 0.15) is 168 Å². The fourth-order valence-corrected chi connectivity index (χ4v) is 7.09. The van der Waals surface area contributed by atoms with Crippen LogP contribution in [0, 0.1) is 0 Å². The standard InChI is InChI=1S/C39H75NO12S/c1-3-5-7-9-11-13-15-16-18-19-21-23-25-27-32(42)31(30-50-39-36(45)37(52-53(47,48)49)35(44)34(29-41)51-39)40-38(46)33(43)28-26-24-22-20-17-14-12-10-8-6-4-2/h25,27,31-37,39,41-45H,3-24,26,28-30H2,1-2H3,(H,40,46)(H,47,48,49)/b27-25+. The summed E-state index contributed by atoms with van der Waals surface area (Å²) in [5.74, 6) is -0.704. The molecule has 0 radical (unpaired) electrons. The average molecular weight is 782 g/mol. The molecule has 0 spiro atoms. The van der Waals surface area contributed by atoms with E-state index in [9.17, 15) is 38.7 Å². The van der Waals surface area contributed by atoms with E-state index in [4.69, 9.17) is 14.0 Å². The molecule has 1 rings (SSSR count). The van der Waals surface area contributed by atoms with Crippen LogP contribution in [0.5, 0.6) is 0 Å². The summed E-state index contributed by atoms with van der Waals surface area (Å²) in [5.41, 5.74) is 0. The largest absolute Gasteiger partial charge is 0.397 e. The minimum atomic E-state index is -5.11. The Kier molecular flexibility index (Phi) is 29.1.